The molecule has 2 aliphatic rings. The molecular formula is C22H22ClN3O4S. The third-order valence-electron chi connectivity index (χ3n) is 5.62. The zero-order valence-corrected chi connectivity index (χ0v) is 18.8. The standard InChI is InChI=1S/C22H22ClN3O4S/c1-14-3-8-17-20(24-14)22(28)19(23)18(21(17)27)13-15-4-6-16(7-5-15)25-9-11-26(12-10-25)31(2,29)30/h3-8H,9-13H2,1-2H3. The van der Waals surface area contributed by atoms with Crippen LogP contribution in [0.2, 0.25) is 0 Å². The monoisotopic (exact) mass is 459 g/mol. The minimum Gasteiger partial charge on any atom is -0.369 e. The minimum atomic E-state index is -3.17. The van der Waals surface area contributed by atoms with Crippen molar-refractivity contribution >= 4 is 38.9 Å². The number of fused-ring (bicyclic) bond motifs is 1. The Morgan fingerprint density at radius 1 is 0.968 bits per heavy atom. The summed E-state index contributed by atoms with van der Waals surface area (Å²) in [7, 11) is -3.17. The molecule has 1 aromatic heterocycles. The Morgan fingerprint density at radius 2 is 1.61 bits per heavy atom. The molecule has 1 aliphatic heterocycles. The third-order valence-corrected chi connectivity index (χ3v) is 7.33. The Kier molecular flexibility index (Phi) is 5.72. The van der Waals surface area contributed by atoms with Crippen LogP contribution in [-0.2, 0) is 16.4 Å². The number of aryl methyl sites for hydroxylation is 1. The molecular weight excluding hydrogens is 438 g/mol. The molecule has 0 atom stereocenters. The zero-order valence-electron chi connectivity index (χ0n) is 17.3. The zero-order chi connectivity index (χ0) is 22.3. The number of nitrogens with zero attached hydrogens (tertiary/aromatic N) is 3. The summed E-state index contributed by atoms with van der Waals surface area (Å²) in [5.41, 5.74) is 3.17. The molecule has 0 amide bonds. The average molecular weight is 460 g/mol. The van der Waals surface area contributed by atoms with Crippen molar-refractivity contribution in [3.05, 3.63) is 69.5 Å². The van der Waals surface area contributed by atoms with Gasteiger partial charge < -0.3 is 4.90 Å². The molecule has 0 spiro atoms. The highest BCUT2D eigenvalue weighted by Crippen LogP contribution is 2.30. The average Bonchev–Trinajstić information content (AvgIpc) is 2.75. The number of halogens is 1. The van der Waals surface area contributed by atoms with Gasteiger partial charge in [0.05, 0.1) is 16.9 Å². The van der Waals surface area contributed by atoms with Crippen LogP contribution in [0.15, 0.2) is 47.0 Å². The quantitative estimate of drug-likeness (QED) is 0.698. The summed E-state index contributed by atoms with van der Waals surface area (Å²) < 4.78 is 24.8. The molecule has 1 fully saturated rings. The molecule has 0 bridgehead atoms. The summed E-state index contributed by atoms with van der Waals surface area (Å²) >= 11 is 6.27. The van der Waals surface area contributed by atoms with Gasteiger partial charge >= 0.3 is 0 Å². The van der Waals surface area contributed by atoms with Gasteiger partial charge in [-0.1, -0.05) is 23.7 Å². The summed E-state index contributed by atoms with van der Waals surface area (Å²) in [6.45, 7) is 3.88. The lowest BCUT2D eigenvalue weighted by atomic mass is 9.89. The second-order valence-electron chi connectivity index (χ2n) is 7.79. The van der Waals surface area contributed by atoms with Crippen LogP contribution < -0.4 is 4.90 Å². The number of benzene rings is 1. The topological polar surface area (TPSA) is 87.7 Å². The van der Waals surface area contributed by atoms with E-state index in [0.29, 0.717) is 31.9 Å². The smallest absolute Gasteiger partial charge is 0.223 e. The number of hydrogen-bond donors (Lipinski definition) is 0. The van der Waals surface area contributed by atoms with E-state index in [1.807, 2.05) is 24.3 Å². The van der Waals surface area contributed by atoms with E-state index in [2.05, 4.69) is 9.88 Å². The van der Waals surface area contributed by atoms with Crippen molar-refractivity contribution in [2.45, 2.75) is 13.3 Å². The lowest BCUT2D eigenvalue weighted by Crippen LogP contribution is -2.48. The third kappa shape index (κ3) is 4.28. The van der Waals surface area contributed by atoms with Crippen LogP contribution in [0.1, 0.15) is 32.1 Å². The number of Topliss-reactive ketones (excluding diaryl/α,β-unsaturated/α-hetero) is 2. The van der Waals surface area contributed by atoms with Crippen molar-refractivity contribution in [1.82, 2.24) is 9.29 Å². The van der Waals surface area contributed by atoms with Crippen LogP contribution >= 0.6 is 11.6 Å². The number of pyridine rings is 1. The van der Waals surface area contributed by atoms with E-state index in [1.54, 1.807) is 19.1 Å². The molecule has 2 aromatic rings. The normalized spacial score (nSPS) is 17.8. The largest absolute Gasteiger partial charge is 0.369 e. The van der Waals surface area contributed by atoms with Crippen LogP contribution in [0, 0.1) is 6.92 Å². The highest BCUT2D eigenvalue weighted by molar-refractivity contribution is 7.88. The number of allylic oxidation sites excluding steroid dienone is 2. The molecule has 7 nitrogen and oxygen atoms in total. The first-order valence-corrected chi connectivity index (χ1v) is 12.1. The van der Waals surface area contributed by atoms with E-state index in [1.165, 1.54) is 10.6 Å². The maximum Gasteiger partial charge on any atom is 0.223 e. The second kappa shape index (κ2) is 8.18. The fraction of sp³-hybridized carbons (Fsp3) is 0.318. The number of sulfonamides is 1. The van der Waals surface area contributed by atoms with Gasteiger partial charge in [0.2, 0.25) is 15.8 Å². The van der Waals surface area contributed by atoms with Gasteiger partial charge in [-0.25, -0.2) is 13.4 Å². The fourth-order valence-electron chi connectivity index (χ4n) is 3.88. The highest BCUT2D eigenvalue weighted by atomic mass is 35.5. The summed E-state index contributed by atoms with van der Waals surface area (Å²) in [6, 6.07) is 11.0. The molecule has 0 saturated carbocycles. The number of ketones is 2. The molecule has 31 heavy (non-hydrogen) atoms. The van der Waals surface area contributed by atoms with Crippen molar-refractivity contribution < 1.29 is 18.0 Å². The summed E-state index contributed by atoms with van der Waals surface area (Å²) in [5.74, 6) is -0.691. The molecule has 4 rings (SSSR count). The van der Waals surface area contributed by atoms with E-state index in [9.17, 15) is 18.0 Å². The Balaban J connectivity index is 1.50. The van der Waals surface area contributed by atoms with Gasteiger partial charge in [-0.3, -0.25) is 9.59 Å². The molecule has 1 aliphatic carbocycles. The number of rotatable bonds is 4. The van der Waals surface area contributed by atoms with Crippen molar-refractivity contribution in [3.8, 4) is 0 Å². The highest BCUT2D eigenvalue weighted by Gasteiger charge is 2.32. The van der Waals surface area contributed by atoms with E-state index < -0.39 is 15.8 Å². The van der Waals surface area contributed by atoms with Gasteiger partial charge in [0.15, 0.2) is 5.78 Å². The van der Waals surface area contributed by atoms with Gasteiger partial charge in [-0.05, 0) is 36.8 Å². The first kappa shape index (κ1) is 21.7. The van der Waals surface area contributed by atoms with Crippen LogP contribution in [0.25, 0.3) is 0 Å². The van der Waals surface area contributed by atoms with Crippen LogP contribution in [-0.4, -0.2) is 61.7 Å². The van der Waals surface area contributed by atoms with Crippen LogP contribution in [0.5, 0.6) is 0 Å². The van der Waals surface area contributed by atoms with Crippen molar-refractivity contribution in [2.75, 3.05) is 37.3 Å². The van der Waals surface area contributed by atoms with E-state index in [4.69, 9.17) is 11.6 Å². The fourth-order valence-corrected chi connectivity index (χ4v) is 4.95. The molecule has 2 heterocycles. The first-order valence-electron chi connectivity index (χ1n) is 9.90. The number of aromatic nitrogens is 1. The number of hydrogen-bond acceptors (Lipinski definition) is 6. The predicted octanol–water partition coefficient (Wildman–Crippen LogP) is 2.59. The molecule has 0 radical (unpaired) electrons. The van der Waals surface area contributed by atoms with Crippen molar-refractivity contribution in [1.29, 1.82) is 0 Å². The number of piperazine rings is 1. The number of carbonyl (C=O) groups is 2. The summed E-state index contributed by atoms with van der Waals surface area (Å²) in [4.78, 5) is 31.8. The summed E-state index contributed by atoms with van der Waals surface area (Å²) in [5, 5.41) is -0.0726. The second-order valence-corrected chi connectivity index (χ2v) is 10.2. The maximum absolute atomic E-state index is 12.9. The van der Waals surface area contributed by atoms with Gasteiger partial charge in [0.25, 0.3) is 0 Å². The molecule has 162 valence electrons. The maximum atomic E-state index is 12.9. The lowest BCUT2D eigenvalue weighted by Gasteiger charge is -2.34. The molecule has 0 N–H and O–H groups in total. The van der Waals surface area contributed by atoms with Crippen LogP contribution in [0.3, 0.4) is 0 Å². The minimum absolute atomic E-state index is 0.0726. The molecule has 1 saturated heterocycles. The van der Waals surface area contributed by atoms with E-state index in [0.717, 1.165) is 11.3 Å². The number of carbonyl (C=O) groups excluding carboxylic acids is 2. The van der Waals surface area contributed by atoms with Gasteiger partial charge in [0.1, 0.15) is 5.69 Å². The Morgan fingerprint density at radius 3 is 2.23 bits per heavy atom. The summed E-state index contributed by atoms with van der Waals surface area (Å²) in [6.07, 6.45) is 1.48. The van der Waals surface area contributed by atoms with Gasteiger partial charge in [-0.2, -0.15) is 4.31 Å². The molecule has 1 aromatic carbocycles. The van der Waals surface area contributed by atoms with Crippen molar-refractivity contribution in [3.63, 3.8) is 0 Å². The van der Waals surface area contributed by atoms with Crippen molar-refractivity contribution in [2.24, 2.45) is 0 Å². The van der Waals surface area contributed by atoms with E-state index in [-0.39, 0.29) is 34.1 Å². The number of anilines is 1. The lowest BCUT2D eigenvalue weighted by molar-refractivity contribution is 0.0975. The van der Waals surface area contributed by atoms with E-state index >= 15 is 0 Å². The van der Waals surface area contributed by atoms with Crippen LogP contribution in [0.4, 0.5) is 5.69 Å². The predicted molar refractivity (Wildman–Crippen MR) is 119 cm³/mol. The molecule has 0 unspecified atom stereocenters. The van der Waals surface area contributed by atoms with Gasteiger partial charge in [0, 0.05) is 49.6 Å². The Labute approximate surface area is 186 Å². The Bertz CT molecular complexity index is 1200. The molecule has 9 heteroatoms. The van der Waals surface area contributed by atoms with Gasteiger partial charge in [-0.15, -0.1) is 0 Å². The first-order chi connectivity index (χ1) is 14.6. The Hall–Kier alpha value is -2.55. The SMILES string of the molecule is Cc1ccc2c(n1)C(=O)C(Cl)=C(Cc1ccc(N3CCN(S(C)(=O)=O)CC3)cc1)C2=O.